The lowest BCUT2D eigenvalue weighted by molar-refractivity contribution is 0.216. The molecule has 0 fully saturated rings. The van der Waals surface area contributed by atoms with Crippen molar-refractivity contribution in [3.63, 3.8) is 0 Å². The Kier molecular flexibility index (Phi) is 6.51. The summed E-state index contributed by atoms with van der Waals surface area (Å²) in [7, 11) is 3.07. The third-order valence-electron chi connectivity index (χ3n) is 4.67. The smallest absolute Gasteiger partial charge is 0.352 e. The minimum atomic E-state index is -0.537. The van der Waals surface area contributed by atoms with Crippen LogP contribution in [0, 0.1) is 6.92 Å². The van der Waals surface area contributed by atoms with Crippen molar-refractivity contribution in [3.8, 4) is 22.6 Å². The Labute approximate surface area is 175 Å². The highest BCUT2D eigenvalue weighted by molar-refractivity contribution is 5.91. The highest BCUT2D eigenvalue weighted by Gasteiger charge is 2.19. The van der Waals surface area contributed by atoms with E-state index in [4.69, 9.17) is 21.2 Å². The van der Waals surface area contributed by atoms with Gasteiger partial charge in [-0.1, -0.05) is 24.3 Å². The van der Waals surface area contributed by atoms with Crippen LogP contribution in [0.5, 0.6) is 11.5 Å². The Balaban J connectivity index is 1.81. The van der Waals surface area contributed by atoms with E-state index in [9.17, 15) is 4.79 Å². The maximum Gasteiger partial charge on any atom is 0.352 e. The lowest BCUT2D eigenvalue weighted by Gasteiger charge is -2.24. The zero-order valence-corrected chi connectivity index (χ0v) is 17.2. The lowest BCUT2D eigenvalue weighted by atomic mass is 10.1. The number of hydrazine groups is 2. The van der Waals surface area contributed by atoms with E-state index in [0.29, 0.717) is 11.4 Å². The van der Waals surface area contributed by atoms with Gasteiger partial charge < -0.3 is 9.47 Å². The zero-order valence-electron chi connectivity index (χ0n) is 17.2. The summed E-state index contributed by atoms with van der Waals surface area (Å²) in [6, 6.07) is 14.6. The number of ether oxygens (including phenoxy) is 2. The van der Waals surface area contributed by atoms with Crippen LogP contribution in [0.4, 0.5) is 10.5 Å². The Bertz CT molecular complexity index is 1020. The van der Waals surface area contributed by atoms with E-state index in [-0.39, 0.29) is 6.61 Å². The van der Waals surface area contributed by atoms with E-state index < -0.39 is 6.03 Å². The van der Waals surface area contributed by atoms with Gasteiger partial charge in [-0.25, -0.2) is 21.5 Å². The summed E-state index contributed by atoms with van der Waals surface area (Å²) in [4.78, 5) is 16.4. The monoisotopic (exact) mass is 407 g/mol. The van der Waals surface area contributed by atoms with Crippen molar-refractivity contribution in [1.29, 1.82) is 0 Å². The quantitative estimate of drug-likeness (QED) is 0.369. The summed E-state index contributed by atoms with van der Waals surface area (Å²) >= 11 is 0. The summed E-state index contributed by atoms with van der Waals surface area (Å²) < 4.78 is 11.2. The van der Waals surface area contributed by atoms with E-state index in [0.717, 1.165) is 38.0 Å². The topological polar surface area (TPSA) is 107 Å². The second-order valence-electron chi connectivity index (χ2n) is 6.76. The number of benzene rings is 2. The number of aromatic nitrogens is 1. The van der Waals surface area contributed by atoms with E-state index >= 15 is 0 Å². The van der Waals surface area contributed by atoms with Crippen LogP contribution in [0.25, 0.3) is 11.1 Å². The number of hydrogen-bond acceptors (Lipinski definition) is 6. The zero-order chi connectivity index (χ0) is 21.7. The molecule has 156 valence electrons. The Morgan fingerprint density at radius 1 is 1.03 bits per heavy atom. The summed E-state index contributed by atoms with van der Waals surface area (Å²) in [5, 5.41) is 1.94. The number of nitrogens with zero attached hydrogens (tertiary/aromatic N) is 3. The molecule has 1 heterocycles. The second-order valence-corrected chi connectivity index (χ2v) is 6.76. The average Bonchev–Trinajstić information content (AvgIpc) is 2.77. The minimum Gasteiger partial charge on any atom is -0.497 e. The molecule has 0 saturated heterocycles. The highest BCUT2D eigenvalue weighted by Crippen LogP contribution is 2.27. The number of hydrogen-bond donors (Lipinski definition) is 2. The first-order chi connectivity index (χ1) is 14.4. The molecule has 1 aromatic heterocycles. The molecule has 4 N–H and O–H groups in total. The molecule has 0 aliphatic rings. The van der Waals surface area contributed by atoms with Crippen molar-refractivity contribution in [1.82, 2.24) is 9.99 Å². The van der Waals surface area contributed by atoms with Gasteiger partial charge in [0.25, 0.3) is 0 Å². The van der Waals surface area contributed by atoms with Crippen molar-refractivity contribution in [2.45, 2.75) is 13.5 Å². The van der Waals surface area contributed by atoms with Gasteiger partial charge in [-0.3, -0.25) is 9.99 Å². The van der Waals surface area contributed by atoms with E-state index in [1.165, 1.54) is 7.05 Å². The molecule has 3 rings (SSSR count). The third kappa shape index (κ3) is 4.68. The molecular weight excluding hydrogens is 382 g/mol. The van der Waals surface area contributed by atoms with Gasteiger partial charge in [-0.15, -0.1) is 0 Å². The maximum absolute atomic E-state index is 12.2. The molecule has 0 bridgehead atoms. The number of rotatable bonds is 6. The predicted octanol–water partition coefficient (Wildman–Crippen LogP) is 3.25. The fraction of sp³-hybridized carbons (Fsp3) is 0.182. The summed E-state index contributed by atoms with van der Waals surface area (Å²) in [5.74, 6) is 12.9. The van der Waals surface area contributed by atoms with Crippen LogP contribution >= 0.6 is 0 Å². The first-order valence-electron chi connectivity index (χ1n) is 9.28. The van der Waals surface area contributed by atoms with Gasteiger partial charge in [0.2, 0.25) is 0 Å². The Morgan fingerprint density at radius 3 is 2.43 bits per heavy atom. The van der Waals surface area contributed by atoms with Crippen molar-refractivity contribution in [2.24, 2.45) is 11.7 Å². The molecule has 30 heavy (non-hydrogen) atoms. The number of pyridine rings is 1. The van der Waals surface area contributed by atoms with Gasteiger partial charge >= 0.3 is 6.03 Å². The van der Waals surface area contributed by atoms with Gasteiger partial charge in [0.05, 0.1) is 19.0 Å². The van der Waals surface area contributed by atoms with Crippen LogP contribution < -0.4 is 26.2 Å². The van der Waals surface area contributed by atoms with E-state index in [1.807, 2.05) is 49.4 Å². The van der Waals surface area contributed by atoms with Crippen LogP contribution in [-0.4, -0.2) is 30.2 Å². The SMILES string of the molecule is COc1ccc(-c2cncc(OCc3c(C)cccc3N(N)C(=O)N(C)N)c2)cc1. The van der Waals surface area contributed by atoms with Crippen LogP contribution in [0.2, 0.25) is 0 Å². The lowest BCUT2D eigenvalue weighted by Crippen LogP contribution is -2.49. The third-order valence-corrected chi connectivity index (χ3v) is 4.67. The molecule has 0 aliphatic carbocycles. The minimum absolute atomic E-state index is 0.213. The number of urea groups is 1. The molecule has 8 heteroatoms. The highest BCUT2D eigenvalue weighted by atomic mass is 16.5. The van der Waals surface area contributed by atoms with Crippen molar-refractivity contribution in [2.75, 3.05) is 19.2 Å². The van der Waals surface area contributed by atoms with Crippen LogP contribution in [-0.2, 0) is 6.61 Å². The second kappa shape index (κ2) is 9.25. The normalized spacial score (nSPS) is 10.4. The largest absolute Gasteiger partial charge is 0.497 e. The summed E-state index contributed by atoms with van der Waals surface area (Å²) in [6.07, 6.45) is 3.41. The predicted molar refractivity (Wildman–Crippen MR) is 116 cm³/mol. The number of carbonyl (C=O) groups excluding carboxylic acids is 1. The Morgan fingerprint density at radius 2 is 1.77 bits per heavy atom. The fourth-order valence-electron chi connectivity index (χ4n) is 2.97. The van der Waals surface area contributed by atoms with Crippen LogP contribution in [0.1, 0.15) is 11.1 Å². The van der Waals surface area contributed by atoms with Gasteiger partial charge in [-0.05, 0) is 42.3 Å². The number of nitrogens with two attached hydrogens (primary N) is 2. The molecule has 2 aromatic carbocycles. The molecule has 0 radical (unpaired) electrons. The van der Waals surface area contributed by atoms with Crippen LogP contribution in [0.15, 0.2) is 60.9 Å². The summed E-state index contributed by atoms with van der Waals surface area (Å²) in [6.45, 7) is 2.14. The molecule has 0 spiro atoms. The standard InChI is InChI=1S/C22H25N5O3/c1-15-5-4-6-21(27(24)22(28)26(2)23)20(15)14-30-19-11-17(12-25-13-19)16-7-9-18(29-3)10-8-16/h4-13H,14,23-24H2,1-3H3. The van der Waals surface area contributed by atoms with Crippen molar-refractivity contribution >= 4 is 11.7 Å². The first-order valence-corrected chi connectivity index (χ1v) is 9.28. The first kappa shape index (κ1) is 21.1. The molecule has 2 amide bonds. The van der Waals surface area contributed by atoms with Gasteiger partial charge in [0.15, 0.2) is 0 Å². The molecule has 0 saturated carbocycles. The molecule has 0 atom stereocenters. The van der Waals surface area contributed by atoms with Gasteiger partial charge in [0, 0.05) is 24.4 Å². The molecule has 3 aromatic rings. The van der Waals surface area contributed by atoms with Gasteiger partial charge in [-0.2, -0.15) is 0 Å². The average molecular weight is 407 g/mol. The number of carbonyl (C=O) groups is 1. The molecule has 0 aliphatic heterocycles. The summed E-state index contributed by atoms with van der Waals surface area (Å²) in [5.41, 5.74) is 4.16. The molecule has 0 unspecified atom stereocenters. The maximum atomic E-state index is 12.2. The molecule has 8 nitrogen and oxygen atoms in total. The number of anilines is 1. The molecular formula is C22H25N5O3. The fourth-order valence-corrected chi connectivity index (χ4v) is 2.97. The van der Waals surface area contributed by atoms with Crippen LogP contribution in [0.3, 0.4) is 0 Å². The number of methoxy groups -OCH3 is 1. The number of aryl methyl sites for hydroxylation is 1. The van der Waals surface area contributed by atoms with Crippen molar-refractivity contribution in [3.05, 3.63) is 72.1 Å². The Hall–Kier alpha value is -3.62. The number of amides is 2. The van der Waals surface area contributed by atoms with E-state index in [1.54, 1.807) is 25.6 Å². The van der Waals surface area contributed by atoms with E-state index in [2.05, 4.69) is 4.98 Å². The van der Waals surface area contributed by atoms with Gasteiger partial charge in [0.1, 0.15) is 18.1 Å². The van der Waals surface area contributed by atoms with Crippen molar-refractivity contribution < 1.29 is 14.3 Å².